The molecule has 92 valence electrons. The summed E-state index contributed by atoms with van der Waals surface area (Å²) in [7, 11) is 0. The molecule has 17 heavy (non-hydrogen) atoms. The Morgan fingerprint density at radius 2 is 2.12 bits per heavy atom. The van der Waals surface area contributed by atoms with Gasteiger partial charge in [0.1, 0.15) is 11.6 Å². The van der Waals surface area contributed by atoms with Crippen LogP contribution >= 0.6 is 0 Å². The van der Waals surface area contributed by atoms with E-state index < -0.39 is 11.6 Å². The van der Waals surface area contributed by atoms with Gasteiger partial charge in [-0.2, -0.15) is 0 Å². The molecule has 1 saturated carbocycles. The van der Waals surface area contributed by atoms with Crippen molar-refractivity contribution in [1.82, 2.24) is 5.32 Å². The third-order valence-corrected chi connectivity index (χ3v) is 3.86. The van der Waals surface area contributed by atoms with Crippen LogP contribution in [0.3, 0.4) is 0 Å². The zero-order chi connectivity index (χ0) is 11.8. The minimum Gasteiger partial charge on any atom is -0.363 e. The maximum atomic E-state index is 13.8. The van der Waals surface area contributed by atoms with Crippen LogP contribution in [0.15, 0.2) is 18.2 Å². The monoisotopic (exact) mass is 238 g/mol. The van der Waals surface area contributed by atoms with E-state index >= 15 is 0 Å². The van der Waals surface area contributed by atoms with Crippen LogP contribution in [-0.2, 0) is 0 Å². The third-order valence-electron chi connectivity index (χ3n) is 3.86. The molecule has 1 heterocycles. The summed E-state index contributed by atoms with van der Waals surface area (Å²) in [5.74, 6) is -0.957. The number of nitrogens with zero attached hydrogens (tertiary/aromatic N) is 1. The van der Waals surface area contributed by atoms with Crippen molar-refractivity contribution in [3.63, 3.8) is 0 Å². The molecule has 2 fully saturated rings. The van der Waals surface area contributed by atoms with Crippen molar-refractivity contribution in [2.75, 3.05) is 18.0 Å². The van der Waals surface area contributed by atoms with Gasteiger partial charge in [0.2, 0.25) is 0 Å². The standard InChI is InChI=1S/C13H16F2N2/c14-9-4-5-12(10(15)8-9)17-7-6-16-11-2-1-3-13(11)17/h4-5,8,11,13,16H,1-3,6-7H2/t11-,13-/m1/s1. The fourth-order valence-electron chi connectivity index (χ4n) is 3.10. The van der Waals surface area contributed by atoms with Crippen molar-refractivity contribution >= 4 is 5.69 Å². The van der Waals surface area contributed by atoms with Crippen LogP contribution in [0, 0.1) is 11.6 Å². The zero-order valence-electron chi connectivity index (χ0n) is 9.63. The Bertz CT molecular complexity index is 422. The van der Waals surface area contributed by atoms with Crippen molar-refractivity contribution in [2.24, 2.45) is 0 Å². The van der Waals surface area contributed by atoms with Crippen LogP contribution < -0.4 is 10.2 Å². The maximum Gasteiger partial charge on any atom is 0.149 e. The molecule has 1 aromatic rings. The first kappa shape index (κ1) is 11.0. The Hall–Kier alpha value is -1.16. The van der Waals surface area contributed by atoms with E-state index in [2.05, 4.69) is 10.2 Å². The molecule has 0 unspecified atom stereocenters. The second kappa shape index (κ2) is 4.26. The fourth-order valence-corrected chi connectivity index (χ4v) is 3.10. The molecule has 3 rings (SSSR count). The summed E-state index contributed by atoms with van der Waals surface area (Å²) in [6.45, 7) is 1.67. The fraction of sp³-hybridized carbons (Fsp3) is 0.538. The summed E-state index contributed by atoms with van der Waals surface area (Å²) in [6, 6.07) is 4.70. The van der Waals surface area contributed by atoms with Crippen LogP contribution in [-0.4, -0.2) is 25.2 Å². The molecular formula is C13H16F2N2. The molecule has 1 N–H and O–H groups in total. The topological polar surface area (TPSA) is 15.3 Å². The Morgan fingerprint density at radius 3 is 2.94 bits per heavy atom. The highest BCUT2D eigenvalue weighted by Crippen LogP contribution is 2.32. The normalized spacial score (nSPS) is 28.2. The van der Waals surface area contributed by atoms with Crippen molar-refractivity contribution in [3.8, 4) is 0 Å². The van der Waals surface area contributed by atoms with Crippen LogP contribution in [0.25, 0.3) is 0 Å². The summed E-state index contributed by atoms with van der Waals surface area (Å²) < 4.78 is 26.7. The average molecular weight is 238 g/mol. The molecule has 0 bridgehead atoms. The molecule has 2 aliphatic rings. The summed E-state index contributed by atoms with van der Waals surface area (Å²) in [5.41, 5.74) is 0.546. The maximum absolute atomic E-state index is 13.8. The third kappa shape index (κ3) is 1.90. The molecule has 0 spiro atoms. The lowest BCUT2D eigenvalue weighted by Gasteiger charge is -2.40. The molecule has 1 saturated heterocycles. The summed E-state index contributed by atoms with van der Waals surface area (Å²) >= 11 is 0. The van der Waals surface area contributed by atoms with Crippen molar-refractivity contribution in [3.05, 3.63) is 29.8 Å². The molecule has 2 atom stereocenters. The number of fused-ring (bicyclic) bond motifs is 1. The van der Waals surface area contributed by atoms with Gasteiger partial charge in [-0.15, -0.1) is 0 Å². The molecule has 1 aliphatic carbocycles. The highest BCUT2D eigenvalue weighted by atomic mass is 19.1. The van der Waals surface area contributed by atoms with E-state index in [9.17, 15) is 8.78 Å². The van der Waals surface area contributed by atoms with Crippen molar-refractivity contribution in [2.45, 2.75) is 31.3 Å². The lowest BCUT2D eigenvalue weighted by atomic mass is 10.1. The van der Waals surface area contributed by atoms with Crippen LogP contribution in [0.2, 0.25) is 0 Å². The van der Waals surface area contributed by atoms with Gasteiger partial charge < -0.3 is 10.2 Å². The second-order valence-electron chi connectivity index (χ2n) is 4.85. The SMILES string of the molecule is Fc1ccc(N2CCN[C@@H]3CCC[C@H]32)c(F)c1. The molecule has 1 aliphatic heterocycles. The Kier molecular flexibility index (Phi) is 2.74. The number of rotatable bonds is 1. The molecule has 0 amide bonds. The first-order valence-electron chi connectivity index (χ1n) is 6.21. The highest BCUT2D eigenvalue weighted by Gasteiger charge is 2.35. The number of hydrogen-bond acceptors (Lipinski definition) is 2. The Balaban J connectivity index is 1.91. The van der Waals surface area contributed by atoms with E-state index in [0.29, 0.717) is 17.8 Å². The molecular weight excluding hydrogens is 222 g/mol. The minimum atomic E-state index is -0.510. The van der Waals surface area contributed by atoms with E-state index in [-0.39, 0.29) is 0 Å². The van der Waals surface area contributed by atoms with Crippen LogP contribution in [0.5, 0.6) is 0 Å². The second-order valence-corrected chi connectivity index (χ2v) is 4.85. The summed E-state index contributed by atoms with van der Waals surface area (Å²) in [6.07, 6.45) is 3.43. The Labute approximate surface area is 99.6 Å². The first-order valence-corrected chi connectivity index (χ1v) is 6.21. The van der Waals surface area contributed by atoms with Crippen molar-refractivity contribution in [1.29, 1.82) is 0 Å². The summed E-state index contributed by atoms with van der Waals surface area (Å²) in [5, 5.41) is 3.47. The van der Waals surface area contributed by atoms with E-state index in [1.165, 1.54) is 12.5 Å². The van der Waals surface area contributed by atoms with Crippen LogP contribution in [0.4, 0.5) is 14.5 Å². The zero-order valence-corrected chi connectivity index (χ0v) is 9.63. The quantitative estimate of drug-likeness (QED) is 0.807. The lowest BCUT2D eigenvalue weighted by Crippen LogP contribution is -2.55. The number of piperazine rings is 1. The smallest absolute Gasteiger partial charge is 0.149 e. The highest BCUT2D eigenvalue weighted by molar-refractivity contribution is 5.50. The van der Waals surface area contributed by atoms with E-state index in [4.69, 9.17) is 0 Å². The molecule has 1 aromatic carbocycles. The lowest BCUT2D eigenvalue weighted by molar-refractivity contribution is 0.399. The van der Waals surface area contributed by atoms with Gasteiger partial charge in [0.25, 0.3) is 0 Å². The van der Waals surface area contributed by atoms with Gasteiger partial charge in [-0.25, -0.2) is 8.78 Å². The van der Waals surface area contributed by atoms with Crippen LogP contribution in [0.1, 0.15) is 19.3 Å². The van der Waals surface area contributed by atoms with Gasteiger partial charge in [0.05, 0.1) is 5.69 Å². The van der Waals surface area contributed by atoms with E-state index in [1.807, 2.05) is 0 Å². The number of anilines is 1. The minimum absolute atomic E-state index is 0.365. The predicted molar refractivity (Wildman–Crippen MR) is 63.1 cm³/mol. The number of hydrogen-bond donors (Lipinski definition) is 1. The summed E-state index contributed by atoms with van der Waals surface area (Å²) in [4.78, 5) is 2.10. The molecule has 0 radical (unpaired) electrons. The number of halogens is 2. The predicted octanol–water partition coefficient (Wildman–Crippen LogP) is 2.30. The van der Waals surface area contributed by atoms with Gasteiger partial charge >= 0.3 is 0 Å². The Morgan fingerprint density at radius 1 is 1.24 bits per heavy atom. The largest absolute Gasteiger partial charge is 0.363 e. The van der Waals surface area contributed by atoms with Gasteiger partial charge in [0.15, 0.2) is 0 Å². The van der Waals surface area contributed by atoms with Crippen molar-refractivity contribution < 1.29 is 8.78 Å². The van der Waals surface area contributed by atoms with Gasteiger partial charge in [-0.05, 0) is 31.4 Å². The average Bonchev–Trinajstić information content (AvgIpc) is 2.77. The molecule has 0 aromatic heterocycles. The van der Waals surface area contributed by atoms with E-state index in [1.54, 1.807) is 6.07 Å². The van der Waals surface area contributed by atoms with E-state index in [0.717, 1.165) is 32.0 Å². The number of benzene rings is 1. The van der Waals surface area contributed by atoms with Gasteiger partial charge in [0, 0.05) is 31.2 Å². The first-order chi connectivity index (χ1) is 8.25. The number of nitrogens with one attached hydrogen (secondary N) is 1. The van der Waals surface area contributed by atoms with Gasteiger partial charge in [-0.3, -0.25) is 0 Å². The van der Waals surface area contributed by atoms with Gasteiger partial charge in [-0.1, -0.05) is 0 Å². The molecule has 2 nitrogen and oxygen atoms in total. The molecule has 4 heteroatoms.